The maximum atomic E-state index is 14.7. The van der Waals surface area contributed by atoms with Crippen LogP contribution in [0.1, 0.15) is 36.3 Å². The van der Waals surface area contributed by atoms with E-state index in [0.29, 0.717) is 41.9 Å². The minimum Gasteiger partial charge on any atom is -0.616 e. The van der Waals surface area contributed by atoms with Crippen LogP contribution in [0.5, 0.6) is 5.88 Å². The normalized spacial score (nSPS) is 22.1. The van der Waals surface area contributed by atoms with Gasteiger partial charge in [0.25, 0.3) is 0 Å². The van der Waals surface area contributed by atoms with Gasteiger partial charge in [-0.2, -0.15) is 4.98 Å². The van der Waals surface area contributed by atoms with Crippen molar-refractivity contribution in [1.29, 1.82) is 0 Å². The fourth-order valence-electron chi connectivity index (χ4n) is 3.88. The molecule has 158 valence electrons. The van der Waals surface area contributed by atoms with Gasteiger partial charge in [-0.05, 0) is 49.5 Å². The van der Waals surface area contributed by atoms with Gasteiger partial charge in [-0.3, -0.25) is 0 Å². The lowest BCUT2D eigenvalue weighted by Gasteiger charge is -2.26. The molecule has 2 aromatic heterocycles. The van der Waals surface area contributed by atoms with Gasteiger partial charge in [0.1, 0.15) is 29.0 Å². The zero-order chi connectivity index (χ0) is 21.1. The predicted molar refractivity (Wildman–Crippen MR) is 113 cm³/mol. The van der Waals surface area contributed by atoms with Crippen LogP contribution in [-0.2, 0) is 16.9 Å². The zero-order valence-electron chi connectivity index (χ0n) is 16.6. The number of ether oxygens (including phenoxy) is 1. The van der Waals surface area contributed by atoms with Gasteiger partial charge in [-0.15, -0.1) is 0 Å². The Balaban J connectivity index is 1.72. The highest BCUT2D eigenvalue weighted by molar-refractivity contribution is 7.89. The average molecular weight is 432 g/mol. The van der Waals surface area contributed by atoms with Gasteiger partial charge in [0.2, 0.25) is 5.88 Å². The van der Waals surface area contributed by atoms with Crippen LogP contribution in [0.3, 0.4) is 0 Å². The van der Waals surface area contributed by atoms with Crippen molar-refractivity contribution in [2.45, 2.75) is 30.9 Å². The van der Waals surface area contributed by atoms with Crippen molar-refractivity contribution < 1.29 is 18.1 Å². The minimum absolute atomic E-state index is 0.134. The maximum absolute atomic E-state index is 14.7. The average Bonchev–Trinajstić information content (AvgIpc) is 2.68. The lowest BCUT2D eigenvalue weighted by atomic mass is 9.80. The van der Waals surface area contributed by atoms with Crippen LogP contribution >= 0.6 is 0 Å². The van der Waals surface area contributed by atoms with Gasteiger partial charge in [-0.1, -0.05) is 17.3 Å². The van der Waals surface area contributed by atoms with Crippen molar-refractivity contribution in [2.24, 2.45) is 5.92 Å². The standard InChI is InChI=1S/C22H23F2N3O2S/c1-30(28)13-14-8-21-26-20-11-18(19(24)12-25-20)17-6-5-16(23)10-15(17)4-2-3-7-29-22(9-14)27-21/h5-6,8-12,15,17H,2-4,7,13H2,1H3,(H,25,26,27). The van der Waals surface area contributed by atoms with Crippen LogP contribution in [0.15, 0.2) is 48.5 Å². The van der Waals surface area contributed by atoms with E-state index in [1.54, 1.807) is 36.6 Å². The first-order valence-corrected chi connectivity index (χ1v) is 11.6. The Labute approximate surface area is 177 Å². The molecule has 3 atom stereocenters. The second-order valence-corrected chi connectivity index (χ2v) is 9.01. The highest BCUT2D eigenvalue weighted by atomic mass is 32.2. The van der Waals surface area contributed by atoms with E-state index >= 15 is 0 Å². The molecule has 0 saturated carbocycles. The third kappa shape index (κ3) is 4.99. The van der Waals surface area contributed by atoms with Crippen LogP contribution in [0.25, 0.3) is 0 Å². The van der Waals surface area contributed by atoms with Crippen molar-refractivity contribution in [3.05, 3.63) is 65.4 Å². The summed E-state index contributed by atoms with van der Waals surface area (Å²) in [5.74, 6) is 0.609. The fourth-order valence-corrected chi connectivity index (χ4v) is 4.52. The van der Waals surface area contributed by atoms with Gasteiger partial charge in [0.15, 0.2) is 0 Å². The summed E-state index contributed by atoms with van der Waals surface area (Å²) < 4.78 is 46.0. The first kappa shape index (κ1) is 20.8. The molecule has 4 bridgehead atoms. The molecule has 8 heteroatoms. The van der Waals surface area contributed by atoms with Crippen molar-refractivity contribution in [2.75, 3.05) is 18.2 Å². The quantitative estimate of drug-likeness (QED) is 0.683. The van der Waals surface area contributed by atoms with Gasteiger partial charge >= 0.3 is 0 Å². The number of allylic oxidation sites excluding steroid dienone is 4. The summed E-state index contributed by atoms with van der Waals surface area (Å²) in [6.45, 7) is 0.461. The number of rotatable bonds is 2. The zero-order valence-corrected chi connectivity index (χ0v) is 17.4. The molecule has 1 aliphatic heterocycles. The van der Waals surface area contributed by atoms with Gasteiger partial charge in [0.05, 0.1) is 19.1 Å². The van der Waals surface area contributed by atoms with E-state index < -0.39 is 17.0 Å². The molecule has 0 aromatic carbocycles. The summed E-state index contributed by atoms with van der Waals surface area (Å²) in [6.07, 6.45) is 9.78. The Bertz CT molecular complexity index is 981. The molecule has 0 fully saturated rings. The highest BCUT2D eigenvalue weighted by Gasteiger charge is 2.26. The Kier molecular flexibility index (Phi) is 6.34. The first-order valence-electron chi connectivity index (χ1n) is 9.90. The van der Waals surface area contributed by atoms with Crippen LogP contribution < -0.4 is 10.1 Å². The molecule has 0 spiro atoms. The molecule has 3 unspecified atom stereocenters. The summed E-state index contributed by atoms with van der Waals surface area (Å²) in [5, 5.41) is 3.10. The SMILES string of the molecule is C[S+]([O-])Cc1cc2nc(c1)OCCCCC1C=C(F)C=CC1c1cc(ncc1F)N2. The van der Waals surface area contributed by atoms with Gasteiger partial charge < -0.3 is 14.6 Å². The van der Waals surface area contributed by atoms with Crippen molar-refractivity contribution in [1.82, 2.24) is 9.97 Å². The number of halogens is 2. The molecule has 5 nitrogen and oxygen atoms in total. The van der Waals surface area contributed by atoms with Crippen LogP contribution in [0.4, 0.5) is 20.4 Å². The summed E-state index contributed by atoms with van der Waals surface area (Å²) >= 11 is -1.01. The van der Waals surface area contributed by atoms with E-state index in [1.807, 2.05) is 0 Å². The summed E-state index contributed by atoms with van der Waals surface area (Å²) in [7, 11) is 0. The number of fused-ring (bicyclic) bond motifs is 6. The van der Waals surface area contributed by atoms with Gasteiger partial charge in [-0.25, -0.2) is 13.8 Å². The molecule has 2 aromatic rings. The lowest BCUT2D eigenvalue weighted by molar-refractivity contribution is 0.290. The number of nitrogens with zero attached hydrogens (tertiary/aromatic N) is 2. The minimum atomic E-state index is -1.01. The second-order valence-electron chi connectivity index (χ2n) is 7.58. The van der Waals surface area contributed by atoms with E-state index in [4.69, 9.17) is 4.74 Å². The molecule has 1 aliphatic carbocycles. The number of hydrogen-bond acceptors (Lipinski definition) is 5. The molecule has 3 heterocycles. The topological polar surface area (TPSA) is 70.1 Å². The summed E-state index contributed by atoms with van der Waals surface area (Å²) in [4.78, 5) is 8.59. The monoisotopic (exact) mass is 431 g/mol. The molecule has 4 rings (SSSR count). The second kappa shape index (κ2) is 9.14. The van der Waals surface area contributed by atoms with E-state index in [9.17, 15) is 13.3 Å². The third-order valence-corrected chi connectivity index (χ3v) is 5.95. The number of anilines is 2. The fraction of sp³-hybridized carbons (Fsp3) is 0.364. The Hall–Kier alpha value is -2.45. The lowest BCUT2D eigenvalue weighted by Crippen LogP contribution is -2.15. The summed E-state index contributed by atoms with van der Waals surface area (Å²) in [6, 6.07) is 5.21. The first-order chi connectivity index (χ1) is 14.5. The number of hydrogen-bond donors (Lipinski definition) is 1. The van der Waals surface area contributed by atoms with Crippen molar-refractivity contribution in [3.63, 3.8) is 0 Å². The number of nitrogens with one attached hydrogen (secondary N) is 1. The molecule has 1 N–H and O–H groups in total. The summed E-state index contributed by atoms with van der Waals surface area (Å²) in [5.41, 5.74) is 1.30. The molecular weight excluding hydrogens is 408 g/mol. The predicted octanol–water partition coefficient (Wildman–Crippen LogP) is 4.92. The van der Waals surface area contributed by atoms with E-state index in [2.05, 4.69) is 15.3 Å². The Morgan fingerprint density at radius 2 is 2.10 bits per heavy atom. The Morgan fingerprint density at radius 1 is 1.23 bits per heavy atom. The van der Waals surface area contributed by atoms with Crippen molar-refractivity contribution >= 4 is 22.8 Å². The van der Waals surface area contributed by atoms with E-state index in [-0.39, 0.29) is 17.7 Å². The maximum Gasteiger partial charge on any atom is 0.215 e. The molecule has 30 heavy (non-hydrogen) atoms. The Morgan fingerprint density at radius 3 is 2.93 bits per heavy atom. The molecule has 0 amide bonds. The highest BCUT2D eigenvalue weighted by Crippen LogP contribution is 2.37. The molecule has 0 saturated heterocycles. The number of pyridine rings is 2. The molecule has 2 aliphatic rings. The third-order valence-electron chi connectivity index (χ3n) is 5.21. The smallest absolute Gasteiger partial charge is 0.215 e. The van der Waals surface area contributed by atoms with Crippen LogP contribution in [0.2, 0.25) is 0 Å². The number of aromatic nitrogens is 2. The van der Waals surface area contributed by atoms with E-state index in [1.165, 1.54) is 12.3 Å². The van der Waals surface area contributed by atoms with E-state index in [0.717, 1.165) is 18.4 Å². The molecule has 0 radical (unpaired) electrons. The largest absolute Gasteiger partial charge is 0.616 e. The van der Waals surface area contributed by atoms with Gasteiger partial charge in [0, 0.05) is 23.1 Å². The van der Waals surface area contributed by atoms with Crippen LogP contribution in [0, 0.1) is 11.7 Å². The van der Waals surface area contributed by atoms with Crippen LogP contribution in [-0.4, -0.2) is 27.4 Å². The van der Waals surface area contributed by atoms with Crippen molar-refractivity contribution in [3.8, 4) is 5.88 Å². The molecular formula is C22H23F2N3O2S.